The van der Waals surface area contributed by atoms with Gasteiger partial charge in [-0.25, -0.2) is 8.42 Å². The summed E-state index contributed by atoms with van der Waals surface area (Å²) in [4.78, 5) is 10.5. The summed E-state index contributed by atoms with van der Waals surface area (Å²) in [5, 5.41) is 0. The molecule has 0 radical (unpaired) electrons. The van der Waals surface area contributed by atoms with Crippen LogP contribution in [-0.4, -0.2) is 25.7 Å². The molecule has 0 aliphatic carbocycles. The van der Waals surface area contributed by atoms with Crippen molar-refractivity contribution in [3.05, 3.63) is 11.6 Å². The van der Waals surface area contributed by atoms with Gasteiger partial charge in [0.05, 0.1) is 11.5 Å². The predicted octanol–water partition coefficient (Wildman–Crippen LogP) is 0.320. The Morgan fingerprint density at radius 3 is 2.55 bits per heavy atom. The van der Waals surface area contributed by atoms with Gasteiger partial charge in [0.1, 0.15) is 0 Å². The van der Waals surface area contributed by atoms with Crippen molar-refractivity contribution in [1.82, 2.24) is 0 Å². The first-order valence-corrected chi connectivity index (χ1v) is 5.22. The van der Waals surface area contributed by atoms with Gasteiger partial charge in [-0.15, -0.1) is 0 Å². The van der Waals surface area contributed by atoms with Gasteiger partial charge in [0.2, 0.25) is 0 Å². The van der Waals surface area contributed by atoms with Gasteiger partial charge in [-0.1, -0.05) is 5.57 Å². The smallest absolute Gasteiger partial charge is 0.154 e. The molecule has 0 atom stereocenters. The quantitative estimate of drug-likeness (QED) is 0.538. The van der Waals surface area contributed by atoms with Gasteiger partial charge in [-0.3, -0.25) is 4.79 Å². The SMILES string of the molecule is CC(=O)/C=C1/CCS(=O)(=O)C1. The summed E-state index contributed by atoms with van der Waals surface area (Å²) in [5.41, 5.74) is 0.748. The monoisotopic (exact) mass is 174 g/mol. The van der Waals surface area contributed by atoms with Crippen LogP contribution in [0, 0.1) is 0 Å². The second-order valence-corrected chi connectivity index (χ2v) is 4.94. The molecule has 1 aliphatic rings. The van der Waals surface area contributed by atoms with Crippen LogP contribution in [0.1, 0.15) is 13.3 Å². The molecule has 1 heterocycles. The Morgan fingerprint density at radius 1 is 1.55 bits per heavy atom. The zero-order chi connectivity index (χ0) is 8.48. The molecular weight excluding hydrogens is 164 g/mol. The molecule has 3 nitrogen and oxygen atoms in total. The van der Waals surface area contributed by atoms with E-state index in [1.807, 2.05) is 0 Å². The molecule has 0 bridgehead atoms. The van der Waals surface area contributed by atoms with Crippen molar-refractivity contribution in [2.45, 2.75) is 13.3 Å². The topological polar surface area (TPSA) is 51.2 Å². The highest BCUT2D eigenvalue weighted by Gasteiger charge is 2.22. The number of hydrogen-bond acceptors (Lipinski definition) is 3. The normalized spacial score (nSPS) is 25.7. The Kier molecular flexibility index (Phi) is 2.13. The first kappa shape index (κ1) is 8.46. The summed E-state index contributed by atoms with van der Waals surface area (Å²) in [7, 11) is -2.86. The lowest BCUT2D eigenvalue weighted by atomic mass is 10.2. The Labute approximate surface area is 66.0 Å². The Morgan fingerprint density at radius 2 is 2.18 bits per heavy atom. The molecule has 0 unspecified atom stereocenters. The summed E-state index contributed by atoms with van der Waals surface area (Å²) in [6.45, 7) is 1.43. The summed E-state index contributed by atoms with van der Waals surface area (Å²) in [6.07, 6.45) is 1.95. The average molecular weight is 174 g/mol. The molecule has 0 aromatic carbocycles. The number of hydrogen-bond donors (Lipinski definition) is 0. The van der Waals surface area contributed by atoms with Crippen molar-refractivity contribution in [3.8, 4) is 0 Å². The van der Waals surface area contributed by atoms with Gasteiger partial charge < -0.3 is 0 Å². The minimum Gasteiger partial charge on any atom is -0.295 e. The van der Waals surface area contributed by atoms with E-state index in [2.05, 4.69) is 0 Å². The first-order chi connectivity index (χ1) is 4.99. The second-order valence-electron chi connectivity index (χ2n) is 2.76. The fourth-order valence-corrected chi connectivity index (χ4v) is 2.62. The van der Waals surface area contributed by atoms with Crippen LogP contribution in [0.5, 0.6) is 0 Å². The third-order valence-corrected chi connectivity index (χ3v) is 3.18. The standard InChI is InChI=1S/C7H10O3S/c1-6(8)4-7-2-3-11(9,10)5-7/h4H,2-3,5H2,1H3/b7-4-. The van der Waals surface area contributed by atoms with Crippen molar-refractivity contribution >= 4 is 15.6 Å². The fourth-order valence-electron chi connectivity index (χ4n) is 1.11. The maximum Gasteiger partial charge on any atom is 0.154 e. The van der Waals surface area contributed by atoms with Gasteiger partial charge in [0, 0.05) is 0 Å². The van der Waals surface area contributed by atoms with E-state index in [9.17, 15) is 13.2 Å². The van der Waals surface area contributed by atoms with Gasteiger partial charge in [-0.2, -0.15) is 0 Å². The van der Waals surface area contributed by atoms with Crippen LogP contribution in [0.15, 0.2) is 11.6 Å². The lowest BCUT2D eigenvalue weighted by molar-refractivity contribution is -0.112. The van der Waals surface area contributed by atoms with E-state index in [1.54, 1.807) is 0 Å². The highest BCUT2D eigenvalue weighted by Crippen LogP contribution is 2.16. The molecule has 0 amide bonds. The molecule has 11 heavy (non-hydrogen) atoms. The summed E-state index contributed by atoms with van der Waals surface area (Å²) < 4.78 is 21.7. The zero-order valence-corrected chi connectivity index (χ0v) is 7.15. The van der Waals surface area contributed by atoms with Crippen LogP contribution in [0.25, 0.3) is 0 Å². The molecule has 62 valence electrons. The van der Waals surface area contributed by atoms with Crippen LogP contribution in [0.3, 0.4) is 0 Å². The molecule has 1 aliphatic heterocycles. The van der Waals surface area contributed by atoms with E-state index in [-0.39, 0.29) is 17.3 Å². The maximum atomic E-state index is 10.9. The predicted molar refractivity (Wildman–Crippen MR) is 42.0 cm³/mol. The summed E-state index contributed by atoms with van der Waals surface area (Å²) in [6, 6.07) is 0. The second kappa shape index (κ2) is 2.77. The molecular formula is C7H10O3S. The molecule has 1 fully saturated rings. The third-order valence-electron chi connectivity index (χ3n) is 1.55. The molecule has 0 aromatic heterocycles. The summed E-state index contributed by atoms with van der Waals surface area (Å²) >= 11 is 0. The zero-order valence-electron chi connectivity index (χ0n) is 6.33. The van der Waals surface area contributed by atoms with Crippen molar-refractivity contribution in [1.29, 1.82) is 0 Å². The molecule has 1 rings (SSSR count). The van der Waals surface area contributed by atoms with Gasteiger partial charge in [-0.05, 0) is 19.4 Å². The lowest BCUT2D eigenvalue weighted by Gasteiger charge is -1.88. The van der Waals surface area contributed by atoms with E-state index >= 15 is 0 Å². The van der Waals surface area contributed by atoms with Gasteiger partial charge >= 0.3 is 0 Å². The fraction of sp³-hybridized carbons (Fsp3) is 0.571. The molecule has 0 spiro atoms. The Hall–Kier alpha value is -0.640. The summed E-state index contributed by atoms with van der Waals surface area (Å²) in [5.74, 6) is 0.204. The number of ketones is 1. The average Bonchev–Trinajstić information content (AvgIpc) is 2.08. The van der Waals surface area contributed by atoms with Gasteiger partial charge in [0.15, 0.2) is 15.6 Å². The number of allylic oxidation sites excluding steroid dienone is 1. The van der Waals surface area contributed by atoms with E-state index in [4.69, 9.17) is 0 Å². The van der Waals surface area contributed by atoms with E-state index in [0.29, 0.717) is 6.42 Å². The first-order valence-electron chi connectivity index (χ1n) is 3.40. The van der Waals surface area contributed by atoms with Crippen LogP contribution in [0.2, 0.25) is 0 Å². The van der Waals surface area contributed by atoms with Crippen molar-refractivity contribution < 1.29 is 13.2 Å². The van der Waals surface area contributed by atoms with Crippen LogP contribution in [0.4, 0.5) is 0 Å². The molecule has 0 N–H and O–H groups in total. The largest absolute Gasteiger partial charge is 0.295 e. The molecule has 1 saturated heterocycles. The van der Waals surface area contributed by atoms with E-state index < -0.39 is 9.84 Å². The van der Waals surface area contributed by atoms with Crippen LogP contribution < -0.4 is 0 Å². The number of rotatable bonds is 1. The minimum atomic E-state index is -2.86. The van der Waals surface area contributed by atoms with Crippen molar-refractivity contribution in [2.75, 3.05) is 11.5 Å². The molecule has 0 saturated carbocycles. The number of carbonyl (C=O) groups is 1. The maximum absolute atomic E-state index is 10.9. The lowest BCUT2D eigenvalue weighted by Crippen LogP contribution is -2.00. The van der Waals surface area contributed by atoms with Gasteiger partial charge in [0.25, 0.3) is 0 Å². The van der Waals surface area contributed by atoms with Crippen molar-refractivity contribution in [3.63, 3.8) is 0 Å². The van der Waals surface area contributed by atoms with Crippen molar-refractivity contribution in [2.24, 2.45) is 0 Å². The minimum absolute atomic E-state index is 0.0721. The molecule has 0 aromatic rings. The number of sulfone groups is 1. The highest BCUT2D eigenvalue weighted by atomic mass is 32.2. The van der Waals surface area contributed by atoms with Crippen LogP contribution in [-0.2, 0) is 14.6 Å². The third kappa shape index (κ3) is 2.46. The Balaban J connectivity index is 2.77. The van der Waals surface area contributed by atoms with Crippen LogP contribution >= 0.6 is 0 Å². The van der Waals surface area contributed by atoms with E-state index in [0.717, 1.165) is 5.57 Å². The van der Waals surface area contributed by atoms with E-state index in [1.165, 1.54) is 13.0 Å². The molecule has 4 heteroatoms. The number of carbonyl (C=O) groups excluding carboxylic acids is 1. The highest BCUT2D eigenvalue weighted by molar-refractivity contribution is 7.91. The Bertz CT molecular complexity index is 298.